The molecule has 2 aromatic carbocycles. The number of hydrogen-bond acceptors (Lipinski definition) is 7. The maximum Gasteiger partial charge on any atom is 0.269 e. The molecule has 0 saturated heterocycles. The molecule has 0 radical (unpaired) electrons. The second-order valence-corrected chi connectivity index (χ2v) is 9.01. The van der Waals surface area contributed by atoms with Crippen LogP contribution in [-0.2, 0) is 4.79 Å². The molecule has 0 fully saturated rings. The molecule has 168 valence electrons. The summed E-state index contributed by atoms with van der Waals surface area (Å²) >= 11 is 1.64. The molecule has 0 spiro atoms. The van der Waals surface area contributed by atoms with Crippen molar-refractivity contribution in [2.24, 2.45) is 15.9 Å². The van der Waals surface area contributed by atoms with E-state index in [0.717, 1.165) is 29.9 Å². The van der Waals surface area contributed by atoms with Gasteiger partial charge < -0.3 is 9.47 Å². The lowest BCUT2D eigenvalue weighted by atomic mass is 9.89. The van der Waals surface area contributed by atoms with Crippen LogP contribution in [0.4, 0.5) is 5.69 Å². The van der Waals surface area contributed by atoms with Gasteiger partial charge in [-0.3, -0.25) is 14.9 Å². The van der Waals surface area contributed by atoms with Crippen molar-refractivity contribution >= 4 is 34.2 Å². The third-order valence-corrected chi connectivity index (χ3v) is 6.97. The second-order valence-electron chi connectivity index (χ2n) is 7.89. The van der Waals surface area contributed by atoms with E-state index in [1.54, 1.807) is 23.9 Å². The molecular formula is C24H21N3O5S. The number of thioether (sulfide) groups is 1. The number of carbonyl (C=O) groups is 1. The lowest BCUT2D eigenvalue weighted by Gasteiger charge is -2.18. The monoisotopic (exact) mass is 463 g/mol. The van der Waals surface area contributed by atoms with Gasteiger partial charge in [-0.05, 0) is 60.4 Å². The number of rotatable bonds is 7. The van der Waals surface area contributed by atoms with Crippen LogP contribution in [0.1, 0.15) is 31.2 Å². The van der Waals surface area contributed by atoms with Crippen molar-refractivity contribution in [1.82, 2.24) is 0 Å². The molecule has 0 aromatic heterocycles. The Morgan fingerprint density at radius 1 is 1.00 bits per heavy atom. The number of nitro groups is 1. The van der Waals surface area contributed by atoms with Crippen molar-refractivity contribution in [2.45, 2.75) is 25.7 Å². The van der Waals surface area contributed by atoms with Gasteiger partial charge in [0.15, 0.2) is 5.84 Å². The first-order valence-electron chi connectivity index (χ1n) is 10.8. The quantitative estimate of drug-likeness (QED) is 0.328. The predicted molar refractivity (Wildman–Crippen MR) is 126 cm³/mol. The molecule has 3 aliphatic rings. The summed E-state index contributed by atoms with van der Waals surface area (Å²) in [5.41, 5.74) is 1.97. The Morgan fingerprint density at radius 2 is 1.76 bits per heavy atom. The highest BCUT2D eigenvalue weighted by molar-refractivity contribution is 8.17. The van der Waals surface area contributed by atoms with Crippen molar-refractivity contribution in [3.05, 3.63) is 74.7 Å². The van der Waals surface area contributed by atoms with E-state index >= 15 is 0 Å². The second kappa shape index (κ2) is 9.19. The zero-order valence-corrected chi connectivity index (χ0v) is 18.5. The summed E-state index contributed by atoms with van der Waals surface area (Å²) < 4.78 is 11.3. The Morgan fingerprint density at radius 3 is 2.55 bits per heavy atom. The highest BCUT2D eigenvalue weighted by Gasteiger charge is 2.40. The number of aliphatic imine (C=N–C) groups is 2. The first-order chi connectivity index (χ1) is 16.1. The fourth-order valence-corrected chi connectivity index (χ4v) is 5.48. The molecule has 2 heterocycles. The number of nitro benzene ring substituents is 1. The molecule has 1 unspecified atom stereocenters. The number of nitrogens with zero attached hydrogens (tertiary/aromatic N) is 3. The van der Waals surface area contributed by atoms with Crippen LogP contribution < -0.4 is 9.47 Å². The number of non-ortho nitro benzene ring substituents is 1. The van der Waals surface area contributed by atoms with Gasteiger partial charge >= 0.3 is 0 Å². The van der Waals surface area contributed by atoms with Gasteiger partial charge in [-0.15, -0.1) is 0 Å². The van der Waals surface area contributed by atoms with Crippen LogP contribution in [-0.4, -0.2) is 34.9 Å². The SMILES string of the molecule is O=C1N=C(c2cccc(OCCOc3ccc([N+](=O)[O-])cc3)c2)N=C2SC3=C(CCCC3)C12. The molecule has 2 aromatic rings. The number of hydrogen-bond donors (Lipinski definition) is 0. The molecule has 9 heteroatoms. The first kappa shape index (κ1) is 21.4. The molecule has 0 saturated carbocycles. The summed E-state index contributed by atoms with van der Waals surface area (Å²) in [7, 11) is 0. The van der Waals surface area contributed by atoms with Crippen LogP contribution in [0.5, 0.6) is 11.5 Å². The molecule has 1 atom stereocenters. The zero-order valence-electron chi connectivity index (χ0n) is 17.7. The normalized spacial score (nSPS) is 19.4. The lowest BCUT2D eigenvalue weighted by molar-refractivity contribution is -0.384. The topological polar surface area (TPSA) is 103 Å². The molecule has 5 rings (SSSR count). The van der Waals surface area contributed by atoms with Gasteiger partial charge in [0.05, 0.1) is 9.97 Å². The third kappa shape index (κ3) is 4.54. The number of carbonyl (C=O) groups excluding carboxylic acids is 1. The Labute approximate surface area is 194 Å². The maximum atomic E-state index is 12.8. The van der Waals surface area contributed by atoms with E-state index in [4.69, 9.17) is 14.5 Å². The van der Waals surface area contributed by atoms with E-state index in [2.05, 4.69) is 4.99 Å². The molecule has 0 bridgehead atoms. The summed E-state index contributed by atoms with van der Waals surface area (Å²) in [6, 6.07) is 13.2. The molecule has 2 aliphatic heterocycles. The van der Waals surface area contributed by atoms with Gasteiger partial charge in [0, 0.05) is 17.7 Å². The Bertz CT molecular complexity index is 1200. The largest absolute Gasteiger partial charge is 0.490 e. The molecule has 1 amide bonds. The number of amidine groups is 1. The van der Waals surface area contributed by atoms with Crippen LogP contribution >= 0.6 is 11.8 Å². The minimum absolute atomic E-state index is 0.0152. The third-order valence-electron chi connectivity index (χ3n) is 5.72. The van der Waals surface area contributed by atoms with Gasteiger partial charge in [0.1, 0.15) is 30.6 Å². The van der Waals surface area contributed by atoms with Crippen LogP contribution in [0.25, 0.3) is 0 Å². The van der Waals surface area contributed by atoms with Crippen LogP contribution in [0.3, 0.4) is 0 Å². The Kier molecular flexibility index (Phi) is 5.95. The van der Waals surface area contributed by atoms with Crippen molar-refractivity contribution in [3.8, 4) is 11.5 Å². The Hall–Kier alpha value is -3.46. The van der Waals surface area contributed by atoms with Crippen LogP contribution in [0.15, 0.2) is 69.0 Å². The van der Waals surface area contributed by atoms with Gasteiger partial charge in [-0.1, -0.05) is 23.9 Å². The van der Waals surface area contributed by atoms with Crippen molar-refractivity contribution < 1.29 is 19.2 Å². The number of ether oxygens (including phenoxy) is 2. The van der Waals surface area contributed by atoms with Gasteiger partial charge in [0.2, 0.25) is 0 Å². The van der Waals surface area contributed by atoms with E-state index in [-0.39, 0.29) is 30.7 Å². The zero-order chi connectivity index (χ0) is 22.8. The van der Waals surface area contributed by atoms with E-state index in [1.807, 2.05) is 24.3 Å². The summed E-state index contributed by atoms with van der Waals surface area (Å²) in [6.45, 7) is 0.564. The standard InChI is InChI=1S/C24H21N3O5S/c28-23-21-19-6-1-2-7-20(19)33-24(21)26-22(25-23)15-4-3-5-18(14-15)32-13-12-31-17-10-8-16(9-11-17)27(29)30/h3-5,8-11,14,21H,1-2,6-7,12-13H2. The summed E-state index contributed by atoms with van der Waals surface area (Å²) in [4.78, 5) is 33.4. The van der Waals surface area contributed by atoms with E-state index < -0.39 is 4.92 Å². The van der Waals surface area contributed by atoms with E-state index in [0.29, 0.717) is 17.3 Å². The minimum atomic E-state index is -0.453. The fourth-order valence-electron chi connectivity index (χ4n) is 4.13. The highest BCUT2D eigenvalue weighted by Crippen LogP contribution is 2.47. The van der Waals surface area contributed by atoms with Gasteiger partial charge in [-0.2, -0.15) is 4.99 Å². The van der Waals surface area contributed by atoms with Crippen molar-refractivity contribution in [3.63, 3.8) is 0 Å². The molecule has 0 N–H and O–H groups in total. The van der Waals surface area contributed by atoms with Crippen LogP contribution in [0.2, 0.25) is 0 Å². The molecule has 33 heavy (non-hydrogen) atoms. The minimum Gasteiger partial charge on any atom is -0.490 e. The van der Waals surface area contributed by atoms with Crippen molar-refractivity contribution in [1.29, 1.82) is 0 Å². The number of allylic oxidation sites excluding steroid dienone is 1. The maximum absolute atomic E-state index is 12.8. The highest BCUT2D eigenvalue weighted by atomic mass is 32.2. The van der Waals surface area contributed by atoms with E-state index in [9.17, 15) is 14.9 Å². The van der Waals surface area contributed by atoms with Gasteiger partial charge in [0.25, 0.3) is 11.6 Å². The summed E-state index contributed by atoms with van der Waals surface area (Å²) in [5, 5.41) is 11.6. The van der Waals surface area contributed by atoms with E-state index in [1.165, 1.54) is 29.0 Å². The number of amides is 1. The predicted octanol–water partition coefficient (Wildman–Crippen LogP) is 4.93. The number of fused-ring (bicyclic) bond motifs is 2. The number of benzene rings is 2. The summed E-state index contributed by atoms with van der Waals surface area (Å²) in [6.07, 6.45) is 4.29. The Balaban J connectivity index is 1.20. The smallest absolute Gasteiger partial charge is 0.269 e. The molecule has 8 nitrogen and oxygen atoms in total. The molecule has 1 aliphatic carbocycles. The lowest BCUT2D eigenvalue weighted by Crippen LogP contribution is -2.26. The summed E-state index contributed by atoms with van der Waals surface area (Å²) in [5.74, 6) is 1.17. The fraction of sp³-hybridized carbons (Fsp3) is 0.292. The van der Waals surface area contributed by atoms with Crippen molar-refractivity contribution in [2.75, 3.05) is 13.2 Å². The average Bonchev–Trinajstić information content (AvgIpc) is 3.21. The average molecular weight is 464 g/mol. The van der Waals surface area contributed by atoms with Gasteiger partial charge in [-0.25, -0.2) is 4.99 Å². The van der Waals surface area contributed by atoms with Crippen LogP contribution in [0, 0.1) is 16.0 Å². The molecular weight excluding hydrogens is 442 g/mol. The first-order valence-corrected chi connectivity index (χ1v) is 11.6.